The Kier molecular flexibility index (Phi) is 10.2. The number of benzene rings is 10. The van der Waals surface area contributed by atoms with Crippen molar-refractivity contribution in [2.24, 2.45) is 0 Å². The zero-order chi connectivity index (χ0) is 46.1. The molecule has 0 unspecified atom stereocenters. The third kappa shape index (κ3) is 7.57. The van der Waals surface area contributed by atoms with Gasteiger partial charge in [-0.3, -0.25) is 0 Å². The van der Waals surface area contributed by atoms with Gasteiger partial charge in [-0.2, -0.15) is 26.3 Å². The maximum absolute atomic E-state index is 16.2. The van der Waals surface area contributed by atoms with Crippen LogP contribution in [0.15, 0.2) is 182 Å². The molecule has 10 aromatic rings. The predicted molar refractivity (Wildman–Crippen MR) is 240 cm³/mol. The van der Waals surface area contributed by atoms with Crippen molar-refractivity contribution in [3.8, 4) is 22.3 Å². The fraction of sp³-hybridized carbons (Fsp3) is 0.0370. The topological polar surface area (TPSA) is 6.48 Å². The SMILES string of the molecule is Fc1ccc(-c2ccc(F)c(N(c3cc4ccc5cc(N(c6cc(-c7ccc(F)cc7)ccc6F)c6ccccc6C(F)(F)F)cc6ccc(c3)c4c56)c3ccccc3C(F)(F)F)c2)cc1. The highest BCUT2D eigenvalue weighted by atomic mass is 19.4. The molecular formula is C54H30F10N2. The van der Waals surface area contributed by atoms with Crippen molar-refractivity contribution in [2.45, 2.75) is 12.4 Å². The first-order valence-electron chi connectivity index (χ1n) is 20.4. The van der Waals surface area contributed by atoms with Crippen LogP contribution in [-0.4, -0.2) is 0 Å². The van der Waals surface area contributed by atoms with Gasteiger partial charge in [-0.1, -0.05) is 84.9 Å². The minimum Gasteiger partial charge on any atom is -0.307 e. The zero-order valence-electron chi connectivity index (χ0n) is 34.0. The van der Waals surface area contributed by atoms with Crippen molar-refractivity contribution in [1.29, 1.82) is 0 Å². The molecule has 0 aliphatic heterocycles. The van der Waals surface area contributed by atoms with Gasteiger partial charge < -0.3 is 9.80 Å². The maximum Gasteiger partial charge on any atom is 0.418 e. The van der Waals surface area contributed by atoms with Gasteiger partial charge >= 0.3 is 12.4 Å². The molecule has 0 aliphatic carbocycles. The summed E-state index contributed by atoms with van der Waals surface area (Å²) in [6.45, 7) is 0. The number of halogens is 10. The summed E-state index contributed by atoms with van der Waals surface area (Å²) in [6, 6.07) is 41.8. The van der Waals surface area contributed by atoms with E-state index in [2.05, 4.69) is 0 Å². The molecule has 0 heterocycles. The Morgan fingerprint density at radius 2 is 0.621 bits per heavy atom. The Labute approximate surface area is 370 Å². The van der Waals surface area contributed by atoms with Crippen LogP contribution in [0.3, 0.4) is 0 Å². The van der Waals surface area contributed by atoms with E-state index < -0.39 is 46.7 Å². The normalized spacial score (nSPS) is 12.1. The molecule has 12 heteroatoms. The van der Waals surface area contributed by atoms with E-state index in [1.807, 2.05) is 0 Å². The van der Waals surface area contributed by atoms with Gasteiger partial charge in [0.2, 0.25) is 0 Å². The van der Waals surface area contributed by atoms with E-state index in [4.69, 9.17) is 0 Å². The number of rotatable bonds is 8. The third-order valence-electron chi connectivity index (χ3n) is 11.6. The standard InChI is InChI=1S/C54H30F10N2/c55-39-19-13-31(14-20-39)33-17-23-45(57)49(29-33)65(47-7-3-1-5-43(47)53(59,60)61)41-25-35-9-11-37-27-42(28-38-12-10-36(26-41)51(35)52(37)38)66(48-8-4-2-6-44(48)54(62,63)64)50-30-34(18-24-46(50)58)32-15-21-40(56)22-16-32/h1-30H. The molecule has 66 heavy (non-hydrogen) atoms. The molecule has 326 valence electrons. The smallest absolute Gasteiger partial charge is 0.307 e. The number of nitrogens with zero attached hydrogens (tertiary/aromatic N) is 2. The lowest BCUT2D eigenvalue weighted by atomic mass is 9.92. The molecular weight excluding hydrogens is 867 g/mol. The average molecular weight is 897 g/mol. The van der Waals surface area contributed by atoms with Crippen molar-refractivity contribution >= 4 is 66.4 Å². The van der Waals surface area contributed by atoms with Gasteiger partial charge in [0.1, 0.15) is 23.3 Å². The van der Waals surface area contributed by atoms with Gasteiger partial charge in [-0.05, 0) is 152 Å². The largest absolute Gasteiger partial charge is 0.418 e. The van der Waals surface area contributed by atoms with Crippen LogP contribution < -0.4 is 9.80 Å². The highest BCUT2D eigenvalue weighted by Gasteiger charge is 2.37. The Bertz CT molecular complexity index is 3160. The molecule has 10 rings (SSSR count). The average Bonchev–Trinajstić information content (AvgIpc) is 3.30. The number of alkyl halides is 6. The van der Waals surface area contributed by atoms with Crippen molar-refractivity contribution in [3.05, 3.63) is 216 Å². The van der Waals surface area contributed by atoms with Crippen LogP contribution in [0.2, 0.25) is 0 Å². The van der Waals surface area contributed by atoms with Crippen LogP contribution in [-0.2, 0) is 12.4 Å². The summed E-state index contributed by atoms with van der Waals surface area (Å²) in [5.74, 6) is -2.66. The monoisotopic (exact) mass is 896 g/mol. The third-order valence-corrected chi connectivity index (χ3v) is 11.6. The summed E-state index contributed by atoms with van der Waals surface area (Å²) in [6.07, 6.45) is -9.68. The molecule has 0 amide bonds. The summed E-state index contributed by atoms with van der Waals surface area (Å²) in [5.41, 5.74) is -0.967. The minimum atomic E-state index is -4.84. The second-order valence-electron chi connectivity index (χ2n) is 15.7. The van der Waals surface area contributed by atoms with Crippen molar-refractivity contribution in [3.63, 3.8) is 0 Å². The van der Waals surface area contributed by atoms with Crippen molar-refractivity contribution in [2.75, 3.05) is 9.80 Å². The van der Waals surface area contributed by atoms with E-state index in [-0.39, 0.29) is 34.1 Å². The predicted octanol–water partition coefficient (Wildman–Crippen LogP) is 17.5. The highest BCUT2D eigenvalue weighted by molar-refractivity contribution is 6.24. The van der Waals surface area contributed by atoms with E-state index in [1.165, 1.54) is 119 Å². The maximum atomic E-state index is 16.2. The molecule has 0 saturated carbocycles. The molecule has 0 radical (unpaired) electrons. The Balaban J connectivity index is 1.17. The van der Waals surface area contributed by atoms with Crippen LogP contribution in [0.5, 0.6) is 0 Å². The van der Waals surface area contributed by atoms with E-state index in [9.17, 15) is 35.1 Å². The summed E-state index contributed by atoms with van der Waals surface area (Å²) in [5, 5.41) is 3.53. The Hall–Kier alpha value is -7.86. The summed E-state index contributed by atoms with van der Waals surface area (Å²) < 4.78 is 149. The fourth-order valence-electron chi connectivity index (χ4n) is 8.71. The minimum absolute atomic E-state index is 0.180. The van der Waals surface area contributed by atoms with Gasteiger partial charge in [-0.25, -0.2) is 17.6 Å². The molecule has 0 atom stereocenters. The van der Waals surface area contributed by atoms with E-state index >= 15 is 8.78 Å². The fourth-order valence-corrected chi connectivity index (χ4v) is 8.71. The van der Waals surface area contributed by atoms with Crippen LogP contribution in [0, 0.1) is 23.3 Å². The van der Waals surface area contributed by atoms with Gasteiger partial charge in [-0.15, -0.1) is 0 Å². The molecule has 0 fully saturated rings. The van der Waals surface area contributed by atoms with E-state index in [0.717, 1.165) is 24.3 Å². The summed E-state index contributed by atoms with van der Waals surface area (Å²) >= 11 is 0. The van der Waals surface area contributed by atoms with E-state index in [1.54, 1.807) is 48.5 Å². The number of hydrogen-bond donors (Lipinski definition) is 0. The van der Waals surface area contributed by atoms with E-state index in [0.29, 0.717) is 54.6 Å². The lowest BCUT2D eigenvalue weighted by Gasteiger charge is -2.30. The highest BCUT2D eigenvalue weighted by Crippen LogP contribution is 2.49. The van der Waals surface area contributed by atoms with Gasteiger partial charge in [0.25, 0.3) is 0 Å². The van der Waals surface area contributed by atoms with Crippen LogP contribution >= 0.6 is 0 Å². The van der Waals surface area contributed by atoms with Crippen molar-refractivity contribution < 1.29 is 43.9 Å². The van der Waals surface area contributed by atoms with Gasteiger partial charge in [0.05, 0.1) is 33.9 Å². The summed E-state index contributed by atoms with van der Waals surface area (Å²) in [4.78, 5) is 2.39. The Morgan fingerprint density at radius 1 is 0.303 bits per heavy atom. The van der Waals surface area contributed by atoms with Crippen LogP contribution in [0.4, 0.5) is 78.0 Å². The summed E-state index contributed by atoms with van der Waals surface area (Å²) in [7, 11) is 0. The first-order valence-corrected chi connectivity index (χ1v) is 20.4. The molecule has 0 aromatic heterocycles. The first-order chi connectivity index (χ1) is 31.6. The molecule has 10 aromatic carbocycles. The second-order valence-corrected chi connectivity index (χ2v) is 15.7. The number of hydrogen-bond acceptors (Lipinski definition) is 2. The molecule has 0 spiro atoms. The van der Waals surface area contributed by atoms with Gasteiger partial charge in [0, 0.05) is 11.4 Å². The second kappa shape index (κ2) is 16.0. The molecule has 0 aliphatic rings. The molecule has 0 N–H and O–H groups in total. The first kappa shape index (κ1) is 42.1. The lowest BCUT2D eigenvalue weighted by molar-refractivity contribution is -0.137. The zero-order valence-corrected chi connectivity index (χ0v) is 34.0. The molecule has 0 saturated heterocycles. The number of para-hydroxylation sites is 2. The lowest BCUT2D eigenvalue weighted by Crippen LogP contribution is -2.18. The van der Waals surface area contributed by atoms with Gasteiger partial charge in [0.15, 0.2) is 0 Å². The Morgan fingerprint density at radius 3 is 0.955 bits per heavy atom. The number of anilines is 6. The van der Waals surface area contributed by atoms with Crippen molar-refractivity contribution in [1.82, 2.24) is 0 Å². The van der Waals surface area contributed by atoms with Crippen LogP contribution in [0.1, 0.15) is 11.1 Å². The molecule has 0 bridgehead atoms. The van der Waals surface area contributed by atoms with Crippen LogP contribution in [0.25, 0.3) is 54.6 Å². The quantitative estimate of drug-likeness (QED) is 0.111. The molecule has 2 nitrogen and oxygen atoms in total.